The Morgan fingerprint density at radius 3 is 2.56 bits per heavy atom. The smallest absolute Gasteiger partial charge is 0.150 e. The lowest BCUT2D eigenvalue weighted by atomic mass is 10.0. The number of carbonyl (C=O) groups is 1. The molecule has 2 atom stereocenters. The monoisotopic (exact) mass is 255 g/mol. The molecule has 1 aliphatic heterocycles. The van der Waals surface area contributed by atoms with Gasteiger partial charge in [0.05, 0.1) is 12.6 Å². The molecule has 0 aliphatic carbocycles. The zero-order chi connectivity index (χ0) is 13.3. The van der Waals surface area contributed by atoms with Gasteiger partial charge >= 0.3 is 0 Å². The highest BCUT2D eigenvalue weighted by Gasteiger charge is 2.33. The lowest BCUT2D eigenvalue weighted by Gasteiger charge is -2.28. The Kier molecular flexibility index (Phi) is 3.61. The SMILES string of the molecule is CC1CCN(c2c(F)cc(C=O)cc2F)C1CO. The lowest BCUT2D eigenvalue weighted by molar-refractivity contribution is 0.112. The molecule has 1 aromatic carbocycles. The number of hydrogen-bond acceptors (Lipinski definition) is 3. The van der Waals surface area contributed by atoms with Gasteiger partial charge in [-0.15, -0.1) is 0 Å². The minimum Gasteiger partial charge on any atom is -0.394 e. The zero-order valence-electron chi connectivity index (χ0n) is 10.1. The van der Waals surface area contributed by atoms with E-state index in [-0.39, 0.29) is 29.8 Å². The fourth-order valence-corrected chi connectivity index (χ4v) is 2.49. The number of anilines is 1. The minimum absolute atomic E-state index is 0.0263. The normalized spacial score (nSPS) is 23.4. The molecule has 1 heterocycles. The molecular formula is C13H15F2NO2. The molecule has 1 aromatic rings. The van der Waals surface area contributed by atoms with Gasteiger partial charge in [0.1, 0.15) is 23.6 Å². The molecule has 0 radical (unpaired) electrons. The maximum Gasteiger partial charge on any atom is 0.150 e. The average Bonchev–Trinajstić information content (AvgIpc) is 2.69. The summed E-state index contributed by atoms with van der Waals surface area (Å²) in [5.74, 6) is -1.34. The summed E-state index contributed by atoms with van der Waals surface area (Å²) in [7, 11) is 0. The van der Waals surface area contributed by atoms with Gasteiger partial charge in [-0.2, -0.15) is 0 Å². The molecule has 0 bridgehead atoms. The number of carbonyl (C=O) groups excluding carboxylic acids is 1. The van der Waals surface area contributed by atoms with E-state index >= 15 is 0 Å². The van der Waals surface area contributed by atoms with Crippen LogP contribution in [0, 0.1) is 17.6 Å². The van der Waals surface area contributed by atoms with E-state index in [2.05, 4.69) is 0 Å². The van der Waals surface area contributed by atoms with Crippen LogP contribution in [0.15, 0.2) is 12.1 Å². The van der Waals surface area contributed by atoms with Crippen LogP contribution in [0.5, 0.6) is 0 Å². The molecule has 2 rings (SSSR count). The first-order chi connectivity index (χ1) is 8.58. The number of benzene rings is 1. The third-order valence-corrected chi connectivity index (χ3v) is 3.53. The molecule has 2 unspecified atom stereocenters. The van der Waals surface area contributed by atoms with Gasteiger partial charge in [0, 0.05) is 12.1 Å². The Morgan fingerprint density at radius 2 is 2.06 bits per heavy atom. The van der Waals surface area contributed by atoms with E-state index in [9.17, 15) is 18.7 Å². The standard InChI is InChI=1S/C13H15F2NO2/c1-8-2-3-16(12(8)7-18)13-10(14)4-9(6-17)5-11(13)15/h4-6,8,12,18H,2-3,7H2,1H3. The molecule has 5 heteroatoms. The predicted molar refractivity (Wildman–Crippen MR) is 63.7 cm³/mol. The molecule has 3 nitrogen and oxygen atoms in total. The number of aldehydes is 1. The van der Waals surface area contributed by atoms with Gasteiger partial charge in [-0.1, -0.05) is 6.92 Å². The van der Waals surface area contributed by atoms with E-state index in [0.717, 1.165) is 18.6 Å². The van der Waals surface area contributed by atoms with Crippen molar-refractivity contribution in [1.29, 1.82) is 0 Å². The van der Waals surface area contributed by atoms with Crippen LogP contribution in [0.4, 0.5) is 14.5 Å². The van der Waals surface area contributed by atoms with E-state index in [1.54, 1.807) is 4.90 Å². The first-order valence-electron chi connectivity index (χ1n) is 5.90. The van der Waals surface area contributed by atoms with Crippen molar-refractivity contribution in [2.45, 2.75) is 19.4 Å². The zero-order valence-corrected chi connectivity index (χ0v) is 10.1. The second kappa shape index (κ2) is 5.02. The molecule has 1 aliphatic rings. The van der Waals surface area contributed by atoms with E-state index in [1.165, 1.54) is 0 Å². The summed E-state index contributed by atoms with van der Waals surface area (Å²) >= 11 is 0. The number of halogens is 2. The summed E-state index contributed by atoms with van der Waals surface area (Å²) in [5, 5.41) is 9.31. The first kappa shape index (κ1) is 13.0. The Bertz CT molecular complexity index is 441. The second-order valence-corrected chi connectivity index (χ2v) is 4.66. The van der Waals surface area contributed by atoms with Gasteiger partial charge < -0.3 is 10.0 Å². The summed E-state index contributed by atoms with van der Waals surface area (Å²) < 4.78 is 27.7. The fourth-order valence-electron chi connectivity index (χ4n) is 2.49. The lowest BCUT2D eigenvalue weighted by Crippen LogP contribution is -2.36. The Hall–Kier alpha value is -1.49. The summed E-state index contributed by atoms with van der Waals surface area (Å²) in [5.41, 5.74) is -0.175. The molecule has 1 N–H and O–H groups in total. The molecule has 1 fully saturated rings. The molecule has 98 valence electrons. The van der Waals surface area contributed by atoms with Crippen molar-refractivity contribution in [2.75, 3.05) is 18.1 Å². The maximum atomic E-state index is 13.9. The highest BCUT2D eigenvalue weighted by atomic mass is 19.1. The van der Waals surface area contributed by atoms with Crippen LogP contribution in [0.2, 0.25) is 0 Å². The van der Waals surface area contributed by atoms with Crippen LogP contribution in [-0.4, -0.2) is 30.6 Å². The van der Waals surface area contributed by atoms with Crippen molar-refractivity contribution in [2.24, 2.45) is 5.92 Å². The minimum atomic E-state index is -0.760. The number of rotatable bonds is 3. The summed E-state index contributed by atoms with van der Waals surface area (Å²) in [6.45, 7) is 2.30. The highest BCUT2D eigenvalue weighted by Crippen LogP contribution is 2.33. The van der Waals surface area contributed by atoms with Crippen LogP contribution < -0.4 is 4.90 Å². The van der Waals surface area contributed by atoms with Gasteiger partial charge in [-0.25, -0.2) is 8.78 Å². The Balaban J connectivity index is 2.42. The molecule has 1 saturated heterocycles. The molecule has 18 heavy (non-hydrogen) atoms. The number of hydrogen-bond donors (Lipinski definition) is 1. The second-order valence-electron chi connectivity index (χ2n) is 4.66. The third-order valence-electron chi connectivity index (χ3n) is 3.53. The quantitative estimate of drug-likeness (QED) is 0.840. The average molecular weight is 255 g/mol. The highest BCUT2D eigenvalue weighted by molar-refractivity contribution is 5.76. The number of nitrogens with zero attached hydrogens (tertiary/aromatic N) is 1. The first-order valence-corrected chi connectivity index (χ1v) is 5.90. The molecule has 0 spiro atoms. The van der Waals surface area contributed by atoms with Crippen LogP contribution in [-0.2, 0) is 0 Å². The van der Waals surface area contributed by atoms with Crippen molar-refractivity contribution in [3.63, 3.8) is 0 Å². The summed E-state index contributed by atoms with van der Waals surface area (Å²) in [6, 6.07) is 1.75. The van der Waals surface area contributed by atoms with Gasteiger partial charge in [0.15, 0.2) is 0 Å². The van der Waals surface area contributed by atoms with Crippen molar-refractivity contribution in [3.8, 4) is 0 Å². The topological polar surface area (TPSA) is 40.5 Å². The summed E-state index contributed by atoms with van der Waals surface area (Å²) in [6.07, 6.45) is 1.19. The van der Waals surface area contributed by atoms with Crippen molar-refractivity contribution in [3.05, 3.63) is 29.3 Å². The van der Waals surface area contributed by atoms with Crippen molar-refractivity contribution in [1.82, 2.24) is 0 Å². The van der Waals surface area contributed by atoms with Gasteiger partial charge in [-0.3, -0.25) is 4.79 Å². The largest absolute Gasteiger partial charge is 0.394 e. The predicted octanol–water partition coefficient (Wildman–Crippen LogP) is 1.98. The van der Waals surface area contributed by atoms with E-state index in [0.29, 0.717) is 12.8 Å². The molecule has 0 amide bonds. The number of aliphatic hydroxyl groups excluding tert-OH is 1. The molecular weight excluding hydrogens is 240 g/mol. The molecule has 0 aromatic heterocycles. The van der Waals surface area contributed by atoms with E-state index < -0.39 is 11.6 Å². The van der Waals surface area contributed by atoms with Crippen LogP contribution in [0.3, 0.4) is 0 Å². The van der Waals surface area contributed by atoms with Gasteiger partial charge in [0.25, 0.3) is 0 Å². The van der Waals surface area contributed by atoms with Gasteiger partial charge in [0.2, 0.25) is 0 Å². The van der Waals surface area contributed by atoms with Crippen LogP contribution in [0.1, 0.15) is 23.7 Å². The molecule has 0 saturated carbocycles. The number of aliphatic hydroxyl groups is 1. The van der Waals surface area contributed by atoms with E-state index in [4.69, 9.17) is 0 Å². The van der Waals surface area contributed by atoms with Crippen molar-refractivity contribution >= 4 is 12.0 Å². The Labute approximate surface area is 104 Å². The fraction of sp³-hybridized carbons (Fsp3) is 0.462. The maximum absolute atomic E-state index is 13.9. The van der Waals surface area contributed by atoms with E-state index in [1.807, 2.05) is 6.92 Å². The summed E-state index contributed by atoms with van der Waals surface area (Å²) in [4.78, 5) is 12.1. The third kappa shape index (κ3) is 2.10. The van der Waals surface area contributed by atoms with Crippen molar-refractivity contribution < 1.29 is 18.7 Å². The van der Waals surface area contributed by atoms with Crippen LogP contribution in [0.25, 0.3) is 0 Å². The van der Waals surface area contributed by atoms with Gasteiger partial charge in [-0.05, 0) is 24.5 Å². The Morgan fingerprint density at radius 1 is 1.44 bits per heavy atom. The van der Waals surface area contributed by atoms with Crippen LogP contribution >= 0.6 is 0 Å².